The molecule has 0 bridgehead atoms. The first kappa shape index (κ1) is 20.5. The van der Waals surface area contributed by atoms with Crippen molar-refractivity contribution < 1.29 is 9.47 Å². The quantitative estimate of drug-likeness (QED) is 0.808. The highest BCUT2D eigenvalue weighted by Gasteiger charge is 2.35. The van der Waals surface area contributed by atoms with E-state index in [2.05, 4.69) is 11.0 Å². The van der Waals surface area contributed by atoms with Gasteiger partial charge >= 0.3 is 0 Å². The minimum atomic E-state index is -0.645. The third-order valence-corrected chi connectivity index (χ3v) is 5.13. The summed E-state index contributed by atoms with van der Waals surface area (Å²) in [6.07, 6.45) is 0.829. The molecule has 2 aromatic rings. The topological polar surface area (TPSA) is 93.5 Å². The minimum Gasteiger partial charge on any atom is -0.496 e. The molecule has 0 saturated carbocycles. The average Bonchev–Trinajstić information content (AvgIpc) is 2.69. The van der Waals surface area contributed by atoms with Crippen molar-refractivity contribution in [2.24, 2.45) is 5.73 Å². The number of hydrogen-bond acceptors (Lipinski definition) is 6. The predicted molar refractivity (Wildman–Crippen MR) is 111 cm³/mol. The Bertz CT molecular complexity index is 1050. The number of aromatic nitrogens is 1. The summed E-state index contributed by atoms with van der Waals surface area (Å²) in [5, 5.41) is 9.78. The van der Waals surface area contributed by atoms with Crippen LogP contribution in [0, 0.1) is 18.3 Å². The number of methoxy groups -OCH3 is 1. The van der Waals surface area contributed by atoms with E-state index in [-0.39, 0.29) is 17.0 Å². The van der Waals surface area contributed by atoms with Gasteiger partial charge in [0.1, 0.15) is 23.1 Å². The number of ether oxygens (including phenoxy) is 2. The molecule has 2 heterocycles. The van der Waals surface area contributed by atoms with Gasteiger partial charge < -0.3 is 24.7 Å². The molecule has 29 heavy (non-hydrogen) atoms. The van der Waals surface area contributed by atoms with Crippen molar-refractivity contribution in [1.29, 1.82) is 5.26 Å². The number of fused-ring (bicyclic) bond motifs is 1. The van der Waals surface area contributed by atoms with Crippen LogP contribution in [-0.2, 0) is 6.54 Å². The number of hydrogen-bond donors (Lipinski definition) is 1. The Morgan fingerprint density at radius 1 is 1.34 bits per heavy atom. The van der Waals surface area contributed by atoms with Gasteiger partial charge in [-0.05, 0) is 40.1 Å². The van der Waals surface area contributed by atoms with Gasteiger partial charge in [-0.1, -0.05) is 18.2 Å². The van der Waals surface area contributed by atoms with Crippen LogP contribution < -0.4 is 20.8 Å². The molecule has 3 rings (SSSR count). The highest BCUT2D eigenvalue weighted by molar-refractivity contribution is 5.58. The molecular weight excluding hydrogens is 368 g/mol. The lowest BCUT2D eigenvalue weighted by Crippen LogP contribution is -2.33. The van der Waals surface area contributed by atoms with Gasteiger partial charge in [-0.25, -0.2) is 0 Å². The molecule has 0 amide bonds. The fraction of sp³-hybridized carbons (Fsp3) is 0.364. The molecule has 1 aromatic heterocycles. The summed E-state index contributed by atoms with van der Waals surface area (Å²) in [5.41, 5.74) is 8.01. The number of allylic oxidation sites excluding steroid dienone is 1. The largest absolute Gasteiger partial charge is 0.496 e. The normalized spacial score (nSPS) is 15.7. The zero-order valence-electron chi connectivity index (χ0n) is 17.2. The van der Waals surface area contributed by atoms with Gasteiger partial charge in [0, 0.05) is 23.9 Å². The Morgan fingerprint density at radius 3 is 2.72 bits per heavy atom. The zero-order chi connectivity index (χ0) is 21.1. The van der Waals surface area contributed by atoms with Crippen LogP contribution in [0.4, 0.5) is 0 Å². The maximum atomic E-state index is 13.5. The average molecular weight is 394 g/mol. The Labute approximate surface area is 170 Å². The highest BCUT2D eigenvalue weighted by atomic mass is 16.5. The second-order valence-electron chi connectivity index (χ2n) is 7.34. The lowest BCUT2D eigenvalue weighted by atomic mass is 9.83. The van der Waals surface area contributed by atoms with Crippen LogP contribution in [-0.4, -0.2) is 37.2 Å². The molecule has 0 radical (unpaired) electrons. The van der Waals surface area contributed by atoms with Gasteiger partial charge in [-0.3, -0.25) is 4.79 Å². The maximum absolute atomic E-state index is 13.5. The van der Waals surface area contributed by atoms with E-state index in [1.165, 1.54) is 0 Å². The Hall–Kier alpha value is -3.24. The van der Waals surface area contributed by atoms with Crippen LogP contribution in [0.15, 0.2) is 46.6 Å². The molecule has 1 aliphatic heterocycles. The van der Waals surface area contributed by atoms with Gasteiger partial charge in [0.2, 0.25) is 5.88 Å². The monoisotopic (exact) mass is 394 g/mol. The first-order valence-corrected chi connectivity index (χ1v) is 9.48. The molecule has 1 atom stereocenters. The van der Waals surface area contributed by atoms with Crippen LogP contribution in [0.5, 0.6) is 11.5 Å². The van der Waals surface area contributed by atoms with Crippen LogP contribution in [0.25, 0.3) is 0 Å². The Kier molecular flexibility index (Phi) is 5.95. The molecule has 1 aliphatic rings. The molecule has 7 nitrogen and oxygen atoms in total. The first-order chi connectivity index (χ1) is 13.9. The third-order valence-electron chi connectivity index (χ3n) is 5.13. The summed E-state index contributed by atoms with van der Waals surface area (Å²) in [6, 6.07) is 11.3. The Morgan fingerprint density at radius 2 is 2.07 bits per heavy atom. The van der Waals surface area contributed by atoms with E-state index in [1.54, 1.807) is 17.7 Å². The summed E-state index contributed by atoms with van der Waals surface area (Å²) in [7, 11) is 5.56. The lowest BCUT2D eigenvalue weighted by molar-refractivity contribution is 0.373. The zero-order valence-corrected chi connectivity index (χ0v) is 17.2. The summed E-state index contributed by atoms with van der Waals surface area (Å²) < 4.78 is 12.9. The van der Waals surface area contributed by atoms with Crippen molar-refractivity contribution in [1.82, 2.24) is 9.47 Å². The fourth-order valence-corrected chi connectivity index (χ4v) is 3.73. The van der Waals surface area contributed by atoms with Gasteiger partial charge in [0.05, 0.1) is 18.6 Å². The molecule has 1 aromatic carbocycles. The van der Waals surface area contributed by atoms with Crippen molar-refractivity contribution in [3.63, 3.8) is 0 Å². The lowest BCUT2D eigenvalue weighted by Gasteiger charge is -2.28. The molecule has 2 N–H and O–H groups in total. The van der Waals surface area contributed by atoms with Gasteiger partial charge in [-0.15, -0.1) is 0 Å². The minimum absolute atomic E-state index is 0.0139. The van der Waals surface area contributed by atoms with Crippen LogP contribution in [0.2, 0.25) is 0 Å². The van der Waals surface area contributed by atoms with E-state index in [0.717, 1.165) is 18.7 Å². The maximum Gasteiger partial charge on any atom is 0.258 e. The second kappa shape index (κ2) is 8.41. The van der Waals surface area contributed by atoms with Gasteiger partial charge in [0.25, 0.3) is 5.56 Å². The molecule has 0 saturated heterocycles. The number of aryl methyl sites for hydroxylation is 1. The standard InChI is InChI=1S/C22H26N4O3/c1-14-12-18-20(22(27)26(14)11-7-10-25(2)3)19(16(13-23)21(24)29-18)15-8-5-6-9-17(15)28-4/h5-6,8-9,12,19H,7,10-11,24H2,1-4H3. The van der Waals surface area contributed by atoms with Crippen molar-refractivity contribution in [2.75, 3.05) is 27.7 Å². The van der Waals surface area contributed by atoms with E-state index in [1.807, 2.05) is 45.3 Å². The molecule has 0 aliphatic carbocycles. The van der Waals surface area contributed by atoms with Crippen LogP contribution >= 0.6 is 0 Å². The van der Waals surface area contributed by atoms with E-state index < -0.39 is 5.92 Å². The predicted octanol–water partition coefficient (Wildman–Crippen LogP) is 2.34. The first-order valence-electron chi connectivity index (χ1n) is 9.48. The van der Waals surface area contributed by atoms with Crippen molar-refractivity contribution >= 4 is 0 Å². The van der Waals surface area contributed by atoms with E-state index in [4.69, 9.17) is 15.2 Å². The van der Waals surface area contributed by atoms with E-state index >= 15 is 0 Å². The number of nitrogens with two attached hydrogens (primary N) is 1. The summed E-state index contributed by atoms with van der Waals surface area (Å²) >= 11 is 0. The number of rotatable bonds is 6. The summed E-state index contributed by atoms with van der Waals surface area (Å²) in [5.74, 6) is 0.349. The van der Waals surface area contributed by atoms with Gasteiger partial charge in [-0.2, -0.15) is 5.26 Å². The van der Waals surface area contributed by atoms with Crippen molar-refractivity contribution in [3.8, 4) is 17.6 Å². The third kappa shape index (κ3) is 3.84. The molecule has 7 heteroatoms. The Balaban J connectivity index is 2.20. The molecule has 1 unspecified atom stereocenters. The van der Waals surface area contributed by atoms with E-state index in [0.29, 0.717) is 29.2 Å². The van der Waals surface area contributed by atoms with E-state index in [9.17, 15) is 10.1 Å². The highest BCUT2D eigenvalue weighted by Crippen LogP contribution is 2.43. The number of nitriles is 1. The molecular formula is C22H26N4O3. The number of nitrogens with zero attached hydrogens (tertiary/aromatic N) is 3. The van der Waals surface area contributed by atoms with Crippen molar-refractivity contribution in [3.05, 3.63) is 69.0 Å². The molecule has 0 spiro atoms. The smallest absolute Gasteiger partial charge is 0.258 e. The fourth-order valence-electron chi connectivity index (χ4n) is 3.73. The van der Waals surface area contributed by atoms with Crippen LogP contribution in [0.1, 0.15) is 29.2 Å². The SMILES string of the molecule is COc1ccccc1C1C(C#N)=C(N)Oc2cc(C)n(CCCN(C)C)c(=O)c21. The van der Waals surface area contributed by atoms with Gasteiger partial charge in [0.15, 0.2) is 0 Å². The number of pyridine rings is 1. The number of para-hydroxylation sites is 1. The molecule has 152 valence electrons. The summed E-state index contributed by atoms with van der Waals surface area (Å²) in [4.78, 5) is 15.6. The second-order valence-corrected chi connectivity index (χ2v) is 7.34. The molecule has 0 fully saturated rings. The number of benzene rings is 1. The van der Waals surface area contributed by atoms with Crippen molar-refractivity contribution in [2.45, 2.75) is 25.8 Å². The summed E-state index contributed by atoms with van der Waals surface area (Å²) in [6.45, 7) is 3.32. The van der Waals surface area contributed by atoms with Crippen LogP contribution in [0.3, 0.4) is 0 Å².